The average molecular weight is 312 g/mol. The molecule has 3 nitrogen and oxygen atoms in total. The fourth-order valence-electron chi connectivity index (χ4n) is 2.43. The monoisotopic (exact) mass is 312 g/mol. The first-order valence-corrected chi connectivity index (χ1v) is 8.10. The van der Waals surface area contributed by atoms with Crippen LogP contribution < -0.4 is 4.74 Å². The number of hydrogen-bond donors (Lipinski definition) is 0. The third-order valence-corrected chi connectivity index (χ3v) is 3.68. The number of para-hydroxylation sites is 1. The SMILES string of the molecule is CCCC(C)COC(=O)c1ccc(Oc2ccccc2)cc1C. The molecule has 23 heavy (non-hydrogen) atoms. The highest BCUT2D eigenvalue weighted by molar-refractivity contribution is 5.91. The van der Waals surface area contributed by atoms with E-state index in [-0.39, 0.29) is 5.97 Å². The first kappa shape index (κ1) is 17.1. The zero-order chi connectivity index (χ0) is 16.7. The van der Waals surface area contributed by atoms with Crippen molar-refractivity contribution in [3.63, 3.8) is 0 Å². The fraction of sp³-hybridized carbons (Fsp3) is 0.350. The van der Waals surface area contributed by atoms with E-state index in [2.05, 4.69) is 13.8 Å². The smallest absolute Gasteiger partial charge is 0.338 e. The Labute approximate surface area is 138 Å². The Morgan fingerprint density at radius 1 is 1.09 bits per heavy atom. The molecule has 0 bridgehead atoms. The molecule has 0 spiro atoms. The molecule has 0 amide bonds. The maximum absolute atomic E-state index is 12.2. The molecule has 122 valence electrons. The second kappa shape index (κ2) is 8.37. The molecule has 2 aromatic rings. The molecular formula is C20H24O3. The molecule has 0 saturated carbocycles. The topological polar surface area (TPSA) is 35.5 Å². The third-order valence-electron chi connectivity index (χ3n) is 3.68. The summed E-state index contributed by atoms with van der Waals surface area (Å²) in [5, 5.41) is 0. The van der Waals surface area contributed by atoms with Crippen LogP contribution in [0.1, 0.15) is 42.6 Å². The Balaban J connectivity index is 2.00. The van der Waals surface area contributed by atoms with Crippen molar-refractivity contribution in [1.82, 2.24) is 0 Å². The minimum atomic E-state index is -0.267. The Hall–Kier alpha value is -2.29. The summed E-state index contributed by atoms with van der Waals surface area (Å²) in [6.07, 6.45) is 2.17. The van der Waals surface area contributed by atoms with Gasteiger partial charge in [-0.2, -0.15) is 0 Å². The Morgan fingerprint density at radius 3 is 2.48 bits per heavy atom. The molecule has 2 rings (SSSR count). The van der Waals surface area contributed by atoms with Gasteiger partial charge in [-0.3, -0.25) is 0 Å². The van der Waals surface area contributed by atoms with Crippen LogP contribution in [-0.4, -0.2) is 12.6 Å². The lowest BCUT2D eigenvalue weighted by atomic mass is 10.1. The summed E-state index contributed by atoms with van der Waals surface area (Å²) in [6.45, 7) is 6.59. The molecule has 2 aromatic carbocycles. The lowest BCUT2D eigenvalue weighted by Crippen LogP contribution is -2.13. The molecule has 0 fully saturated rings. The van der Waals surface area contributed by atoms with E-state index in [0.717, 1.165) is 24.2 Å². The molecule has 0 saturated heterocycles. The summed E-state index contributed by atoms with van der Waals surface area (Å²) in [7, 11) is 0. The maximum atomic E-state index is 12.2. The third kappa shape index (κ3) is 5.13. The quantitative estimate of drug-likeness (QED) is 0.644. The predicted octanol–water partition coefficient (Wildman–Crippen LogP) is 5.38. The highest BCUT2D eigenvalue weighted by Crippen LogP contribution is 2.24. The largest absolute Gasteiger partial charge is 0.462 e. The minimum Gasteiger partial charge on any atom is -0.462 e. The van der Waals surface area contributed by atoms with Crippen molar-refractivity contribution in [1.29, 1.82) is 0 Å². The number of carbonyl (C=O) groups excluding carboxylic acids is 1. The molecule has 0 aromatic heterocycles. The zero-order valence-corrected chi connectivity index (χ0v) is 14.0. The molecular weight excluding hydrogens is 288 g/mol. The van der Waals surface area contributed by atoms with Crippen LogP contribution in [0.5, 0.6) is 11.5 Å². The van der Waals surface area contributed by atoms with Crippen LogP contribution in [0.3, 0.4) is 0 Å². The van der Waals surface area contributed by atoms with Gasteiger partial charge in [0.1, 0.15) is 11.5 Å². The van der Waals surface area contributed by atoms with Crippen LogP contribution in [0.15, 0.2) is 48.5 Å². The van der Waals surface area contributed by atoms with Crippen molar-refractivity contribution in [2.75, 3.05) is 6.61 Å². The van der Waals surface area contributed by atoms with Crippen LogP contribution in [-0.2, 0) is 4.74 Å². The average Bonchev–Trinajstić information content (AvgIpc) is 2.54. The van der Waals surface area contributed by atoms with Crippen LogP contribution in [0.2, 0.25) is 0 Å². The van der Waals surface area contributed by atoms with Crippen molar-refractivity contribution >= 4 is 5.97 Å². The second-order valence-electron chi connectivity index (χ2n) is 5.88. The number of hydrogen-bond acceptors (Lipinski definition) is 3. The van der Waals surface area contributed by atoms with Gasteiger partial charge in [-0.05, 0) is 55.2 Å². The standard InChI is InChI=1S/C20H24O3/c1-4-8-15(2)14-22-20(21)19-12-11-18(13-16(19)3)23-17-9-6-5-7-10-17/h5-7,9-13,15H,4,8,14H2,1-3H3. The molecule has 1 atom stereocenters. The Kier molecular flexibility index (Phi) is 6.21. The number of aryl methyl sites for hydroxylation is 1. The van der Waals surface area contributed by atoms with E-state index in [1.165, 1.54) is 0 Å². The summed E-state index contributed by atoms with van der Waals surface area (Å²) in [5.74, 6) is 1.61. The van der Waals surface area contributed by atoms with Crippen molar-refractivity contribution < 1.29 is 14.3 Å². The van der Waals surface area contributed by atoms with Crippen molar-refractivity contribution in [3.8, 4) is 11.5 Å². The van der Waals surface area contributed by atoms with E-state index < -0.39 is 0 Å². The first-order chi connectivity index (χ1) is 11.1. The van der Waals surface area contributed by atoms with Gasteiger partial charge in [-0.15, -0.1) is 0 Å². The Bertz CT molecular complexity index is 635. The van der Waals surface area contributed by atoms with Gasteiger partial charge in [0.25, 0.3) is 0 Å². The molecule has 1 unspecified atom stereocenters. The van der Waals surface area contributed by atoms with E-state index in [1.807, 2.05) is 43.3 Å². The van der Waals surface area contributed by atoms with Gasteiger partial charge in [0.2, 0.25) is 0 Å². The van der Waals surface area contributed by atoms with E-state index in [0.29, 0.717) is 23.8 Å². The number of carbonyl (C=O) groups is 1. The van der Waals surface area contributed by atoms with E-state index in [9.17, 15) is 4.79 Å². The number of esters is 1. The van der Waals surface area contributed by atoms with Crippen molar-refractivity contribution in [2.45, 2.75) is 33.6 Å². The summed E-state index contributed by atoms with van der Waals surface area (Å²) < 4.78 is 11.2. The molecule has 0 aliphatic rings. The molecule has 3 heteroatoms. The maximum Gasteiger partial charge on any atom is 0.338 e. The van der Waals surface area contributed by atoms with E-state index >= 15 is 0 Å². The molecule has 0 heterocycles. The number of benzene rings is 2. The van der Waals surface area contributed by atoms with Crippen LogP contribution >= 0.6 is 0 Å². The normalized spacial score (nSPS) is 11.8. The number of ether oxygens (including phenoxy) is 2. The van der Waals surface area contributed by atoms with Crippen molar-refractivity contribution in [3.05, 3.63) is 59.7 Å². The van der Waals surface area contributed by atoms with E-state index in [1.54, 1.807) is 12.1 Å². The van der Waals surface area contributed by atoms with Crippen LogP contribution in [0.25, 0.3) is 0 Å². The summed E-state index contributed by atoms with van der Waals surface area (Å²) >= 11 is 0. The van der Waals surface area contributed by atoms with E-state index in [4.69, 9.17) is 9.47 Å². The minimum absolute atomic E-state index is 0.267. The summed E-state index contributed by atoms with van der Waals surface area (Å²) in [6, 6.07) is 15.0. The van der Waals surface area contributed by atoms with Gasteiger partial charge in [-0.1, -0.05) is 38.5 Å². The summed E-state index contributed by atoms with van der Waals surface area (Å²) in [4.78, 5) is 12.2. The Morgan fingerprint density at radius 2 is 1.83 bits per heavy atom. The fourth-order valence-corrected chi connectivity index (χ4v) is 2.43. The molecule has 0 radical (unpaired) electrons. The highest BCUT2D eigenvalue weighted by atomic mass is 16.5. The first-order valence-electron chi connectivity index (χ1n) is 8.10. The van der Waals surface area contributed by atoms with Gasteiger partial charge in [0.05, 0.1) is 12.2 Å². The van der Waals surface area contributed by atoms with Gasteiger partial charge in [-0.25, -0.2) is 4.79 Å². The zero-order valence-electron chi connectivity index (χ0n) is 14.0. The van der Waals surface area contributed by atoms with Gasteiger partial charge >= 0.3 is 5.97 Å². The molecule has 0 aliphatic carbocycles. The van der Waals surface area contributed by atoms with Crippen LogP contribution in [0, 0.1) is 12.8 Å². The second-order valence-corrected chi connectivity index (χ2v) is 5.88. The van der Waals surface area contributed by atoms with Gasteiger partial charge in [0.15, 0.2) is 0 Å². The van der Waals surface area contributed by atoms with Gasteiger partial charge < -0.3 is 9.47 Å². The lowest BCUT2D eigenvalue weighted by molar-refractivity contribution is 0.0443. The highest BCUT2D eigenvalue weighted by Gasteiger charge is 2.13. The lowest BCUT2D eigenvalue weighted by Gasteiger charge is -2.13. The number of rotatable bonds is 7. The van der Waals surface area contributed by atoms with Gasteiger partial charge in [0, 0.05) is 0 Å². The van der Waals surface area contributed by atoms with Crippen LogP contribution in [0.4, 0.5) is 0 Å². The molecule has 0 N–H and O–H groups in total. The van der Waals surface area contributed by atoms with Crippen molar-refractivity contribution in [2.24, 2.45) is 5.92 Å². The summed E-state index contributed by atoms with van der Waals surface area (Å²) in [5.41, 5.74) is 1.45. The molecule has 0 aliphatic heterocycles. The predicted molar refractivity (Wildman–Crippen MR) is 92.0 cm³/mol.